The van der Waals surface area contributed by atoms with Crippen LogP contribution in [0, 0.1) is 5.92 Å². The maximum absolute atomic E-state index is 6.22. The lowest BCUT2D eigenvalue weighted by atomic mass is 9.90. The fourth-order valence-corrected chi connectivity index (χ4v) is 4.32. The van der Waals surface area contributed by atoms with Gasteiger partial charge in [0.15, 0.2) is 0 Å². The van der Waals surface area contributed by atoms with E-state index in [9.17, 15) is 0 Å². The zero-order valence-electron chi connectivity index (χ0n) is 14.8. The van der Waals surface area contributed by atoms with Crippen LogP contribution in [0.4, 0.5) is 0 Å². The van der Waals surface area contributed by atoms with Crippen LogP contribution in [0.2, 0.25) is 0 Å². The summed E-state index contributed by atoms with van der Waals surface area (Å²) in [6.07, 6.45) is 10.8. The second-order valence-electron chi connectivity index (χ2n) is 7.72. The second kappa shape index (κ2) is 7.98. The third-order valence-corrected chi connectivity index (χ3v) is 5.84. The Morgan fingerprint density at radius 2 is 1.96 bits per heavy atom. The third-order valence-electron chi connectivity index (χ3n) is 5.84. The monoisotopic (exact) mass is 333 g/mol. The molecule has 0 bridgehead atoms. The van der Waals surface area contributed by atoms with E-state index in [-0.39, 0.29) is 0 Å². The summed E-state index contributed by atoms with van der Waals surface area (Å²) in [6, 6.07) is 0. The first-order valence-corrected chi connectivity index (χ1v) is 9.85. The Balaban J connectivity index is 1.19. The Morgan fingerprint density at radius 3 is 2.75 bits per heavy atom. The molecule has 0 amide bonds. The van der Waals surface area contributed by atoms with E-state index in [2.05, 4.69) is 9.88 Å². The molecule has 1 aromatic heterocycles. The van der Waals surface area contributed by atoms with Crippen LogP contribution in [0.3, 0.4) is 0 Å². The van der Waals surface area contributed by atoms with Crippen molar-refractivity contribution in [2.24, 2.45) is 5.92 Å². The number of imidazole rings is 1. The predicted octanol–water partition coefficient (Wildman–Crippen LogP) is 3.04. The van der Waals surface area contributed by atoms with E-state index in [1.165, 1.54) is 43.5 Å². The van der Waals surface area contributed by atoms with Crippen molar-refractivity contribution < 1.29 is 9.47 Å². The highest BCUT2D eigenvalue weighted by atomic mass is 16.5. The van der Waals surface area contributed by atoms with Gasteiger partial charge in [0.05, 0.1) is 37.3 Å². The molecule has 1 aromatic rings. The van der Waals surface area contributed by atoms with Crippen LogP contribution in [0.5, 0.6) is 0 Å². The van der Waals surface area contributed by atoms with Gasteiger partial charge in [-0.05, 0) is 31.6 Å². The molecular formula is C19H31N3O2. The van der Waals surface area contributed by atoms with Crippen LogP contribution >= 0.6 is 0 Å². The van der Waals surface area contributed by atoms with Gasteiger partial charge < -0.3 is 14.5 Å². The molecule has 0 atom stereocenters. The molecule has 3 aliphatic rings. The van der Waals surface area contributed by atoms with Crippen molar-refractivity contribution in [1.82, 2.24) is 14.9 Å². The van der Waals surface area contributed by atoms with E-state index in [0.717, 1.165) is 63.9 Å². The molecule has 0 aromatic carbocycles. The molecule has 1 aliphatic carbocycles. The largest absolute Gasteiger partial charge is 0.378 e. The summed E-state index contributed by atoms with van der Waals surface area (Å²) in [7, 11) is 0. The highest BCUT2D eigenvalue weighted by Gasteiger charge is 2.23. The predicted molar refractivity (Wildman–Crippen MR) is 92.8 cm³/mol. The van der Waals surface area contributed by atoms with E-state index < -0.39 is 0 Å². The number of aromatic amines is 1. The van der Waals surface area contributed by atoms with Gasteiger partial charge in [0.2, 0.25) is 0 Å². The van der Waals surface area contributed by atoms with Gasteiger partial charge in [-0.15, -0.1) is 0 Å². The van der Waals surface area contributed by atoms with Crippen molar-refractivity contribution in [3.8, 4) is 0 Å². The van der Waals surface area contributed by atoms with Gasteiger partial charge >= 0.3 is 0 Å². The minimum absolute atomic E-state index is 0.474. The van der Waals surface area contributed by atoms with Crippen molar-refractivity contribution >= 4 is 0 Å². The first kappa shape index (κ1) is 16.6. The van der Waals surface area contributed by atoms with E-state index in [1.807, 2.05) is 0 Å². The molecule has 0 unspecified atom stereocenters. The molecule has 1 saturated heterocycles. The Kier molecular flexibility index (Phi) is 5.50. The van der Waals surface area contributed by atoms with Gasteiger partial charge in [0.25, 0.3) is 0 Å². The lowest BCUT2D eigenvalue weighted by molar-refractivity contribution is -0.0160. The summed E-state index contributed by atoms with van der Waals surface area (Å²) < 4.78 is 11.7. The molecule has 5 heteroatoms. The minimum Gasteiger partial charge on any atom is -0.378 e. The number of H-pyrrole nitrogens is 1. The third kappa shape index (κ3) is 4.19. The number of likely N-dealkylation sites (tertiary alicyclic amines) is 1. The quantitative estimate of drug-likeness (QED) is 0.900. The first-order chi connectivity index (χ1) is 11.9. The molecule has 3 heterocycles. The number of aromatic nitrogens is 2. The Labute approximate surface area is 145 Å². The van der Waals surface area contributed by atoms with Crippen LogP contribution in [0.25, 0.3) is 0 Å². The maximum atomic E-state index is 6.22. The summed E-state index contributed by atoms with van der Waals surface area (Å²) >= 11 is 0. The fourth-order valence-electron chi connectivity index (χ4n) is 4.32. The topological polar surface area (TPSA) is 50.4 Å². The Hall–Kier alpha value is -0.910. The van der Waals surface area contributed by atoms with Crippen LogP contribution in [-0.4, -0.2) is 47.3 Å². The summed E-state index contributed by atoms with van der Waals surface area (Å²) in [5, 5.41) is 0. The Morgan fingerprint density at radius 1 is 1.12 bits per heavy atom. The van der Waals surface area contributed by atoms with Gasteiger partial charge in [-0.2, -0.15) is 0 Å². The molecule has 0 spiro atoms. The van der Waals surface area contributed by atoms with E-state index in [1.54, 1.807) is 0 Å². The molecular weight excluding hydrogens is 302 g/mol. The summed E-state index contributed by atoms with van der Waals surface area (Å²) in [4.78, 5) is 10.7. The molecule has 0 radical (unpaired) electrons. The molecule has 4 rings (SSSR count). The maximum Gasteiger partial charge on any atom is 0.120 e. The minimum atomic E-state index is 0.474. The number of ether oxygens (including phenoxy) is 2. The number of fused-ring (bicyclic) bond motifs is 1. The van der Waals surface area contributed by atoms with Crippen LogP contribution in [-0.2, 0) is 29.0 Å². The lowest BCUT2D eigenvalue weighted by Gasteiger charge is -2.32. The highest BCUT2D eigenvalue weighted by Crippen LogP contribution is 2.25. The van der Waals surface area contributed by atoms with Crippen molar-refractivity contribution in [1.29, 1.82) is 0 Å². The van der Waals surface area contributed by atoms with Gasteiger partial charge in [-0.1, -0.05) is 19.3 Å². The van der Waals surface area contributed by atoms with Gasteiger partial charge in [-0.25, -0.2) is 4.98 Å². The van der Waals surface area contributed by atoms with Crippen LogP contribution in [0.15, 0.2) is 0 Å². The zero-order valence-corrected chi connectivity index (χ0v) is 14.8. The fraction of sp³-hybridized carbons (Fsp3) is 0.842. The SMILES string of the molecule is C1CCC(COC2CCN(Cc3nc4c([nH]3)COCC4)CC2)CC1. The molecule has 5 nitrogen and oxygen atoms in total. The molecule has 2 aliphatic heterocycles. The van der Waals surface area contributed by atoms with Gasteiger partial charge in [-0.3, -0.25) is 4.90 Å². The molecule has 24 heavy (non-hydrogen) atoms. The average molecular weight is 333 g/mol. The number of nitrogens with one attached hydrogen (secondary N) is 1. The van der Waals surface area contributed by atoms with E-state index in [4.69, 9.17) is 14.5 Å². The number of rotatable bonds is 5. The highest BCUT2D eigenvalue weighted by molar-refractivity contribution is 5.16. The van der Waals surface area contributed by atoms with Crippen molar-refractivity contribution in [2.75, 3.05) is 26.3 Å². The molecule has 2 fully saturated rings. The summed E-state index contributed by atoms with van der Waals surface area (Å²) in [5.74, 6) is 1.93. The molecule has 1 N–H and O–H groups in total. The molecule has 1 saturated carbocycles. The smallest absolute Gasteiger partial charge is 0.120 e. The number of nitrogens with zero attached hydrogens (tertiary/aromatic N) is 2. The van der Waals surface area contributed by atoms with Crippen molar-refractivity contribution in [2.45, 2.75) is 70.6 Å². The summed E-state index contributed by atoms with van der Waals surface area (Å²) in [5.41, 5.74) is 2.39. The standard InChI is InChI=1S/C19H31N3O2/c1-2-4-15(5-3-1)13-24-16-6-9-22(10-7-16)12-19-20-17-8-11-23-14-18(17)21-19/h15-16H,1-14H2,(H,20,21). The zero-order chi connectivity index (χ0) is 16.2. The second-order valence-corrected chi connectivity index (χ2v) is 7.72. The Bertz CT molecular complexity index is 493. The first-order valence-electron chi connectivity index (χ1n) is 9.85. The van der Waals surface area contributed by atoms with Crippen LogP contribution in [0.1, 0.15) is 62.2 Å². The van der Waals surface area contributed by atoms with Gasteiger partial charge in [0.1, 0.15) is 5.82 Å². The van der Waals surface area contributed by atoms with E-state index >= 15 is 0 Å². The number of piperidine rings is 1. The molecule has 134 valence electrons. The van der Waals surface area contributed by atoms with Crippen molar-refractivity contribution in [3.05, 3.63) is 17.2 Å². The number of hydrogen-bond acceptors (Lipinski definition) is 4. The average Bonchev–Trinajstić information content (AvgIpc) is 3.04. The van der Waals surface area contributed by atoms with Gasteiger partial charge in [0, 0.05) is 26.1 Å². The van der Waals surface area contributed by atoms with Crippen molar-refractivity contribution in [3.63, 3.8) is 0 Å². The summed E-state index contributed by atoms with van der Waals surface area (Å²) in [6.45, 7) is 5.67. The normalized spacial score (nSPS) is 24.2. The van der Waals surface area contributed by atoms with Crippen LogP contribution < -0.4 is 0 Å². The number of hydrogen-bond donors (Lipinski definition) is 1. The van der Waals surface area contributed by atoms with E-state index in [0.29, 0.717) is 12.7 Å². The lowest BCUT2D eigenvalue weighted by Crippen LogP contribution is -2.37.